The summed E-state index contributed by atoms with van der Waals surface area (Å²) in [5.74, 6) is 4.62. The van der Waals surface area contributed by atoms with Crippen LogP contribution in [-0.4, -0.2) is 64.7 Å². The molecule has 0 aromatic heterocycles. The fourth-order valence-corrected chi connectivity index (χ4v) is 12.8. The minimum Gasteiger partial charge on any atom is -0.463 e. The highest BCUT2D eigenvalue weighted by atomic mass is 16.7. The van der Waals surface area contributed by atoms with Gasteiger partial charge >= 0.3 is 5.97 Å². The first kappa shape index (κ1) is 47.8. The zero-order valence-corrected chi connectivity index (χ0v) is 38.2. The van der Waals surface area contributed by atoms with Gasteiger partial charge in [0.05, 0.1) is 6.10 Å². The molecule has 4 fully saturated rings. The van der Waals surface area contributed by atoms with Gasteiger partial charge in [-0.3, -0.25) is 4.79 Å². The summed E-state index contributed by atoms with van der Waals surface area (Å²) in [6, 6.07) is 0. The van der Waals surface area contributed by atoms with Crippen LogP contribution >= 0.6 is 0 Å². The average molecular weight is 813 g/mol. The van der Waals surface area contributed by atoms with Crippen molar-refractivity contribution in [3.05, 3.63) is 23.8 Å². The van der Waals surface area contributed by atoms with E-state index in [-0.39, 0.29) is 24.1 Å². The van der Waals surface area contributed by atoms with E-state index < -0.39 is 30.7 Å². The van der Waals surface area contributed by atoms with Crippen LogP contribution in [0, 0.1) is 52.3 Å². The Morgan fingerprint density at radius 2 is 1.47 bits per heavy atom. The molecule has 0 bridgehead atoms. The highest BCUT2D eigenvalue weighted by Gasteiger charge is 2.59. The van der Waals surface area contributed by atoms with Crippen molar-refractivity contribution in [2.75, 3.05) is 6.61 Å². The number of allylic oxidation sites excluding steroid dienone is 3. The Bertz CT molecular complexity index is 1300. The molecular formula is C51H88O7. The molecule has 5 aliphatic rings. The molecule has 0 radical (unpaired) electrons. The summed E-state index contributed by atoms with van der Waals surface area (Å²) < 4.78 is 18.0. The van der Waals surface area contributed by atoms with Gasteiger partial charge in [-0.2, -0.15) is 0 Å². The van der Waals surface area contributed by atoms with Crippen LogP contribution in [0.15, 0.2) is 23.8 Å². The second-order valence-corrected chi connectivity index (χ2v) is 20.7. The Hall–Kier alpha value is -1.25. The molecule has 0 spiro atoms. The van der Waals surface area contributed by atoms with Crippen molar-refractivity contribution in [2.24, 2.45) is 52.3 Å². The summed E-state index contributed by atoms with van der Waals surface area (Å²) in [5, 5.41) is 32.5. The standard InChI is InChI=1S/C51H88O7/c1-8-10-11-12-13-14-15-16-17-18-19-20-21-22-45(52)56-34-44-46(53)47(54)48(55)49(58-44)57-39-29-31-50(6)38(33-39)25-26-40-42-28-27-41(51(42,7)32-30-43(40)50)36(5)23-24-37(9-2)35(3)4/h23-25,35-37,39-44,46-49,53-55H,8-22,26-34H2,1-7H3/b24-23+/t36-,37-,39+,40+,41-,42+,43+,44?,46-,47?,48?,49-,50+,51-/m1/s1. The third kappa shape index (κ3) is 11.8. The van der Waals surface area contributed by atoms with Gasteiger partial charge in [0.2, 0.25) is 0 Å². The maximum absolute atomic E-state index is 12.6. The van der Waals surface area contributed by atoms with E-state index >= 15 is 0 Å². The van der Waals surface area contributed by atoms with E-state index in [0.29, 0.717) is 35.5 Å². The van der Waals surface area contributed by atoms with Crippen LogP contribution in [0.5, 0.6) is 0 Å². The summed E-state index contributed by atoms with van der Waals surface area (Å²) in [6.45, 7) is 16.7. The van der Waals surface area contributed by atoms with Crippen LogP contribution < -0.4 is 0 Å². The molecule has 4 aliphatic carbocycles. The van der Waals surface area contributed by atoms with Gasteiger partial charge in [-0.15, -0.1) is 0 Å². The van der Waals surface area contributed by atoms with Gasteiger partial charge in [0.1, 0.15) is 31.0 Å². The first-order valence-corrected chi connectivity index (χ1v) is 24.7. The van der Waals surface area contributed by atoms with Crippen molar-refractivity contribution < 1.29 is 34.3 Å². The summed E-state index contributed by atoms with van der Waals surface area (Å²) in [6.07, 6.45) is 28.1. The molecule has 14 atom stereocenters. The van der Waals surface area contributed by atoms with E-state index in [0.717, 1.165) is 62.7 Å². The molecule has 7 nitrogen and oxygen atoms in total. The zero-order valence-electron chi connectivity index (χ0n) is 38.2. The van der Waals surface area contributed by atoms with Crippen molar-refractivity contribution >= 4 is 5.97 Å². The molecular weight excluding hydrogens is 725 g/mol. The van der Waals surface area contributed by atoms with Crippen molar-refractivity contribution in [3.8, 4) is 0 Å². The molecule has 7 heteroatoms. The number of hydrogen-bond donors (Lipinski definition) is 3. The molecule has 3 saturated carbocycles. The Morgan fingerprint density at radius 1 is 0.810 bits per heavy atom. The lowest BCUT2D eigenvalue weighted by atomic mass is 9.47. The first-order chi connectivity index (χ1) is 27.8. The fourth-order valence-electron chi connectivity index (χ4n) is 12.8. The van der Waals surface area contributed by atoms with E-state index in [9.17, 15) is 20.1 Å². The van der Waals surface area contributed by atoms with Crippen LogP contribution in [0.3, 0.4) is 0 Å². The number of carbonyl (C=O) groups is 1. The maximum Gasteiger partial charge on any atom is 0.305 e. The largest absolute Gasteiger partial charge is 0.463 e. The lowest BCUT2D eigenvalue weighted by molar-refractivity contribution is -0.313. The normalized spacial score (nSPS) is 37.3. The predicted octanol–water partition coefficient (Wildman–Crippen LogP) is 11.7. The molecule has 334 valence electrons. The molecule has 0 amide bonds. The van der Waals surface area contributed by atoms with Gasteiger partial charge in [0, 0.05) is 6.42 Å². The Balaban J connectivity index is 1.05. The molecule has 3 N–H and O–H groups in total. The van der Waals surface area contributed by atoms with Crippen LogP contribution in [0.25, 0.3) is 0 Å². The Labute approximate surface area is 354 Å². The molecule has 5 rings (SSSR count). The number of aliphatic hydroxyl groups is 3. The zero-order chi connectivity index (χ0) is 41.9. The monoisotopic (exact) mass is 813 g/mol. The van der Waals surface area contributed by atoms with E-state index in [4.69, 9.17) is 14.2 Å². The Morgan fingerprint density at radius 3 is 2.10 bits per heavy atom. The van der Waals surface area contributed by atoms with Crippen molar-refractivity contribution in [3.63, 3.8) is 0 Å². The molecule has 1 heterocycles. The lowest BCUT2D eigenvalue weighted by Gasteiger charge is -2.58. The molecule has 0 aromatic carbocycles. The Kier molecular flexibility index (Phi) is 18.7. The van der Waals surface area contributed by atoms with E-state index in [2.05, 4.69) is 66.7 Å². The SMILES string of the molecule is CCCCCCCCCCCCCCCC(=O)OCC1O[C@@H](O[C@H]2CC[C@@]3(C)C(=CC[C@H]4[C@@H]5CC[C@H]([C@H](C)/C=C/[C@@H](CC)C(C)C)[C@@]5(C)CC[C@@H]43)C2)C(O)C(O)[C@@H]1O. The van der Waals surface area contributed by atoms with Gasteiger partial charge in [0.25, 0.3) is 0 Å². The summed E-state index contributed by atoms with van der Waals surface area (Å²) in [7, 11) is 0. The van der Waals surface area contributed by atoms with Crippen molar-refractivity contribution in [1.82, 2.24) is 0 Å². The van der Waals surface area contributed by atoms with Crippen molar-refractivity contribution in [2.45, 2.75) is 233 Å². The maximum atomic E-state index is 12.6. The highest BCUT2D eigenvalue weighted by molar-refractivity contribution is 5.69. The molecule has 3 unspecified atom stereocenters. The van der Waals surface area contributed by atoms with Crippen LogP contribution in [0.1, 0.15) is 196 Å². The second kappa shape index (κ2) is 22.7. The summed E-state index contributed by atoms with van der Waals surface area (Å²) in [4.78, 5) is 12.6. The smallest absolute Gasteiger partial charge is 0.305 e. The summed E-state index contributed by atoms with van der Waals surface area (Å²) in [5.41, 5.74) is 2.05. The molecule has 1 aliphatic heterocycles. The number of fused-ring (bicyclic) bond motifs is 5. The number of aliphatic hydroxyl groups excluding tert-OH is 3. The van der Waals surface area contributed by atoms with Gasteiger partial charge in [-0.05, 0) is 116 Å². The van der Waals surface area contributed by atoms with Gasteiger partial charge < -0.3 is 29.5 Å². The number of rotatable bonds is 23. The third-order valence-corrected chi connectivity index (χ3v) is 16.6. The number of unbranched alkanes of at least 4 members (excludes halogenated alkanes) is 12. The van der Waals surface area contributed by atoms with E-state index in [1.54, 1.807) is 0 Å². The lowest BCUT2D eigenvalue weighted by Crippen LogP contribution is -2.60. The number of esters is 1. The number of ether oxygens (including phenoxy) is 3. The second-order valence-electron chi connectivity index (χ2n) is 20.7. The predicted molar refractivity (Wildman–Crippen MR) is 235 cm³/mol. The van der Waals surface area contributed by atoms with Crippen molar-refractivity contribution in [1.29, 1.82) is 0 Å². The van der Waals surface area contributed by atoms with Gasteiger partial charge in [0.15, 0.2) is 6.29 Å². The average Bonchev–Trinajstić information content (AvgIpc) is 3.56. The minimum atomic E-state index is -1.44. The van der Waals surface area contributed by atoms with E-state index in [1.165, 1.54) is 102 Å². The third-order valence-electron chi connectivity index (χ3n) is 16.6. The quantitative estimate of drug-likeness (QED) is 0.0536. The van der Waals surface area contributed by atoms with Crippen LogP contribution in [-0.2, 0) is 19.0 Å². The van der Waals surface area contributed by atoms with Crippen LogP contribution in [0.4, 0.5) is 0 Å². The summed E-state index contributed by atoms with van der Waals surface area (Å²) >= 11 is 0. The topological polar surface area (TPSA) is 105 Å². The fraction of sp³-hybridized carbons (Fsp3) is 0.902. The van der Waals surface area contributed by atoms with E-state index in [1.807, 2.05) is 0 Å². The molecule has 1 saturated heterocycles. The first-order valence-electron chi connectivity index (χ1n) is 24.7. The minimum absolute atomic E-state index is 0.146. The van der Waals surface area contributed by atoms with Gasteiger partial charge in [-0.1, -0.05) is 149 Å². The van der Waals surface area contributed by atoms with Gasteiger partial charge in [-0.25, -0.2) is 0 Å². The number of hydrogen-bond acceptors (Lipinski definition) is 7. The highest BCUT2D eigenvalue weighted by Crippen LogP contribution is 2.67. The number of carbonyl (C=O) groups excluding carboxylic acids is 1. The molecule has 0 aromatic rings. The molecule has 58 heavy (non-hydrogen) atoms. The van der Waals surface area contributed by atoms with Crippen LogP contribution in [0.2, 0.25) is 0 Å².